The number of halogens is 7. The van der Waals surface area contributed by atoms with Gasteiger partial charge in [-0.3, -0.25) is 9.03 Å². The number of alkyl halides is 5. The number of hydrogen-bond acceptors (Lipinski definition) is 10. The summed E-state index contributed by atoms with van der Waals surface area (Å²) in [5, 5.41) is 13.7. The van der Waals surface area contributed by atoms with Gasteiger partial charge in [-0.05, 0) is 66.9 Å². The van der Waals surface area contributed by atoms with E-state index in [2.05, 4.69) is 41.0 Å². The Morgan fingerprint density at radius 1 is 0.656 bits per heavy atom. The smallest absolute Gasteiger partial charge is 0.314 e. The van der Waals surface area contributed by atoms with Gasteiger partial charge in [0.05, 0.1) is 23.7 Å². The van der Waals surface area contributed by atoms with E-state index in [0.717, 1.165) is 12.5 Å². The van der Waals surface area contributed by atoms with E-state index in [1.807, 2.05) is 19.9 Å². The average molecular weight is 960 g/mol. The molecular formula is C40H41BrF6N6O6S2. The molecule has 0 saturated carbocycles. The van der Waals surface area contributed by atoms with Crippen LogP contribution in [0.3, 0.4) is 0 Å². The monoisotopic (exact) mass is 958 g/mol. The molecule has 0 fully saturated rings. The standard InChI is InChI=1S/C20H20F3N3O3S.C10H6BrF3N2O.C10H15NO2S/c1-2-3-11-30(27,28)26(16-7-5-4-6-8-16)13-15-10-9-14(12-17(15)21)19-24-25-20(29-19)18(22)23;11-4-6-2-1-5(3-7(6)12)9-15-16-10(17-9)8(13)14;1-2-3-9-14(12,13)11-10-7-5-4-6-8-10/h4-10,12,18H,2-3,11,13H2,1H3;1-3,8H,4H2;4-8,11H,2-3,9H2,1H3. The van der Waals surface area contributed by atoms with Gasteiger partial charge in [-0.25, -0.2) is 25.6 Å². The average Bonchev–Trinajstić information content (AvgIpc) is 3.95. The van der Waals surface area contributed by atoms with Gasteiger partial charge in [0.15, 0.2) is 0 Å². The van der Waals surface area contributed by atoms with Gasteiger partial charge in [0.2, 0.25) is 31.8 Å². The summed E-state index contributed by atoms with van der Waals surface area (Å²) in [6, 6.07) is 25.4. The molecule has 0 radical (unpaired) electrons. The van der Waals surface area contributed by atoms with E-state index in [1.54, 1.807) is 54.6 Å². The van der Waals surface area contributed by atoms with Crippen molar-refractivity contribution in [1.29, 1.82) is 0 Å². The minimum absolute atomic E-state index is 0.0590. The molecule has 0 saturated heterocycles. The highest BCUT2D eigenvalue weighted by Gasteiger charge is 2.25. The number of unbranched alkanes of at least 4 members (excludes halogenated alkanes) is 2. The highest BCUT2D eigenvalue weighted by atomic mass is 79.9. The normalized spacial score (nSPS) is 11.5. The molecule has 2 aromatic heterocycles. The maximum Gasteiger partial charge on any atom is 0.314 e. The second kappa shape index (κ2) is 23.1. The molecule has 0 spiro atoms. The first-order valence-electron chi connectivity index (χ1n) is 18.5. The summed E-state index contributed by atoms with van der Waals surface area (Å²) < 4.78 is 140. The first-order chi connectivity index (χ1) is 29.1. The van der Waals surface area contributed by atoms with Gasteiger partial charge < -0.3 is 8.83 Å². The predicted molar refractivity (Wildman–Crippen MR) is 222 cm³/mol. The van der Waals surface area contributed by atoms with Gasteiger partial charge in [0.1, 0.15) is 11.6 Å². The molecule has 0 bridgehead atoms. The van der Waals surface area contributed by atoms with Gasteiger partial charge in [0.25, 0.3) is 11.8 Å². The lowest BCUT2D eigenvalue weighted by Crippen LogP contribution is -2.33. The zero-order valence-corrected chi connectivity index (χ0v) is 35.9. The molecule has 0 amide bonds. The number of hydrogen-bond donors (Lipinski definition) is 1. The Hall–Kier alpha value is -5.28. The number of anilines is 2. The molecule has 6 aromatic rings. The second-order valence-corrected chi connectivity index (χ2v) is 17.3. The summed E-state index contributed by atoms with van der Waals surface area (Å²) >= 11 is 3.12. The Labute approximate surface area is 357 Å². The third-order valence-corrected chi connectivity index (χ3v) is 12.1. The predicted octanol–water partition coefficient (Wildman–Crippen LogP) is 10.9. The number of nitrogens with zero attached hydrogens (tertiary/aromatic N) is 5. The fourth-order valence-electron chi connectivity index (χ4n) is 5.08. The lowest BCUT2D eigenvalue weighted by Gasteiger charge is -2.25. The SMILES string of the molecule is CCCCS(=O)(=O)N(Cc1ccc(-c2nnc(C(F)F)o2)cc1F)c1ccccc1.CCCCS(=O)(=O)Nc1ccccc1.Fc1cc(-c2nnc(C(F)F)o2)ccc1CBr. The van der Waals surface area contributed by atoms with E-state index >= 15 is 0 Å². The van der Waals surface area contributed by atoms with Crippen molar-refractivity contribution in [1.82, 2.24) is 20.4 Å². The molecule has 0 atom stereocenters. The molecule has 6 rings (SSSR count). The van der Waals surface area contributed by atoms with Gasteiger partial charge in [-0.2, -0.15) is 17.6 Å². The number of benzene rings is 4. The van der Waals surface area contributed by atoms with Crippen molar-refractivity contribution in [2.75, 3.05) is 20.5 Å². The molecule has 0 aliphatic carbocycles. The summed E-state index contributed by atoms with van der Waals surface area (Å²) in [4.78, 5) is 0. The molecule has 21 heteroatoms. The van der Waals surface area contributed by atoms with Crippen LogP contribution < -0.4 is 9.03 Å². The lowest BCUT2D eigenvalue weighted by atomic mass is 10.1. The van der Waals surface area contributed by atoms with E-state index in [4.69, 9.17) is 8.83 Å². The molecule has 0 aliphatic rings. The van der Waals surface area contributed by atoms with Crippen LogP contribution in [-0.4, -0.2) is 48.7 Å². The van der Waals surface area contributed by atoms with Crippen molar-refractivity contribution in [2.24, 2.45) is 0 Å². The zero-order chi connectivity index (χ0) is 44.6. The van der Waals surface area contributed by atoms with Gasteiger partial charge >= 0.3 is 12.9 Å². The Kier molecular flexibility index (Phi) is 18.3. The summed E-state index contributed by atoms with van der Waals surface area (Å²) in [5.74, 6) is -3.04. The third-order valence-electron chi connectivity index (χ3n) is 8.26. The fraction of sp³-hybridized carbons (Fsp3) is 0.300. The molecule has 61 heavy (non-hydrogen) atoms. The van der Waals surface area contributed by atoms with E-state index in [1.165, 1.54) is 34.6 Å². The lowest BCUT2D eigenvalue weighted by molar-refractivity contribution is 0.115. The van der Waals surface area contributed by atoms with E-state index in [0.29, 0.717) is 41.5 Å². The summed E-state index contributed by atoms with van der Waals surface area (Å²) in [6.07, 6.45) is -2.99. The first-order valence-corrected chi connectivity index (χ1v) is 22.9. The fourth-order valence-corrected chi connectivity index (χ4v) is 8.46. The van der Waals surface area contributed by atoms with Crippen molar-refractivity contribution in [3.8, 4) is 22.9 Å². The number of nitrogens with one attached hydrogen (secondary N) is 1. The highest BCUT2D eigenvalue weighted by Crippen LogP contribution is 2.28. The molecule has 328 valence electrons. The van der Waals surface area contributed by atoms with Crippen LogP contribution >= 0.6 is 15.9 Å². The van der Waals surface area contributed by atoms with Gasteiger partial charge in [-0.1, -0.05) is 91.1 Å². The molecule has 0 aliphatic heterocycles. The van der Waals surface area contributed by atoms with Crippen molar-refractivity contribution < 1.29 is 52.0 Å². The zero-order valence-electron chi connectivity index (χ0n) is 32.7. The highest BCUT2D eigenvalue weighted by molar-refractivity contribution is 9.08. The van der Waals surface area contributed by atoms with Crippen LogP contribution in [0.5, 0.6) is 0 Å². The summed E-state index contributed by atoms with van der Waals surface area (Å²) in [5.41, 5.74) is 2.03. The Morgan fingerprint density at radius 3 is 1.57 bits per heavy atom. The van der Waals surface area contributed by atoms with Gasteiger partial charge in [-0.15, -0.1) is 20.4 Å². The number of aromatic nitrogens is 4. The van der Waals surface area contributed by atoms with Crippen LogP contribution in [0.25, 0.3) is 22.9 Å². The van der Waals surface area contributed by atoms with Crippen molar-refractivity contribution in [3.63, 3.8) is 0 Å². The van der Waals surface area contributed by atoms with Gasteiger partial charge in [0, 0.05) is 27.7 Å². The Bertz CT molecular complexity index is 2500. The minimum atomic E-state index is -3.68. The molecule has 4 aromatic carbocycles. The van der Waals surface area contributed by atoms with Crippen molar-refractivity contribution in [2.45, 2.75) is 64.3 Å². The van der Waals surface area contributed by atoms with E-state index in [-0.39, 0.29) is 46.5 Å². The topological polar surface area (TPSA) is 161 Å². The van der Waals surface area contributed by atoms with Crippen LogP contribution in [0.1, 0.15) is 75.3 Å². The van der Waals surface area contributed by atoms with E-state index in [9.17, 15) is 43.2 Å². The molecule has 12 nitrogen and oxygen atoms in total. The quantitative estimate of drug-likeness (QED) is 0.0688. The largest absolute Gasteiger partial charge is 0.415 e. The van der Waals surface area contributed by atoms with Crippen LogP contribution in [-0.2, 0) is 31.9 Å². The molecule has 2 heterocycles. The Balaban J connectivity index is 0.000000223. The van der Waals surface area contributed by atoms with Crippen LogP contribution in [0.2, 0.25) is 0 Å². The van der Waals surface area contributed by atoms with Crippen molar-refractivity contribution in [3.05, 3.63) is 132 Å². The van der Waals surface area contributed by atoms with Crippen molar-refractivity contribution >= 4 is 47.4 Å². The molecule has 0 unspecified atom stereocenters. The number of sulfonamides is 2. The third kappa shape index (κ3) is 14.7. The first kappa shape index (κ1) is 48.4. The summed E-state index contributed by atoms with van der Waals surface area (Å²) in [7, 11) is -6.83. The van der Waals surface area contributed by atoms with Crippen LogP contribution in [0.4, 0.5) is 37.7 Å². The molecule has 1 N–H and O–H groups in total. The number of para-hydroxylation sites is 2. The van der Waals surface area contributed by atoms with Crippen LogP contribution in [0, 0.1) is 11.6 Å². The Morgan fingerprint density at radius 2 is 1.13 bits per heavy atom. The maximum atomic E-state index is 14.8. The van der Waals surface area contributed by atoms with Crippen LogP contribution in [0.15, 0.2) is 106 Å². The van der Waals surface area contributed by atoms with E-state index < -0.39 is 56.3 Å². The second-order valence-electron chi connectivity index (χ2n) is 12.9. The minimum Gasteiger partial charge on any atom is -0.415 e. The molecular weight excluding hydrogens is 919 g/mol. The summed E-state index contributed by atoms with van der Waals surface area (Å²) in [6.45, 7) is 3.64. The number of rotatable bonds is 17. The maximum absolute atomic E-state index is 14.8.